The lowest BCUT2D eigenvalue weighted by Gasteiger charge is -2.29. The van der Waals surface area contributed by atoms with Crippen molar-refractivity contribution in [3.8, 4) is 11.1 Å². The standard InChI is InChI=1S/C17H19NO4S/c1-12(2)16(17(19)20)18(23(21)22)15-10-8-14(9-11-15)13-6-4-3-5-7-13/h3-12,16H,1-2H3,(H,19,20)(H,21,22). The second-order valence-corrected chi connectivity index (χ2v) is 6.35. The first kappa shape index (κ1) is 17.2. The minimum absolute atomic E-state index is 0.322. The number of carbonyl (C=O) groups is 1. The van der Waals surface area contributed by atoms with Gasteiger partial charge in [-0.1, -0.05) is 56.3 Å². The van der Waals surface area contributed by atoms with Crippen molar-refractivity contribution < 1.29 is 18.7 Å². The highest BCUT2D eigenvalue weighted by molar-refractivity contribution is 7.80. The van der Waals surface area contributed by atoms with E-state index in [0.29, 0.717) is 5.69 Å². The van der Waals surface area contributed by atoms with Gasteiger partial charge in [-0.25, -0.2) is 9.00 Å². The largest absolute Gasteiger partial charge is 0.480 e. The number of benzene rings is 2. The van der Waals surface area contributed by atoms with E-state index in [0.717, 1.165) is 15.4 Å². The number of nitrogens with zero attached hydrogens (tertiary/aromatic N) is 1. The number of carboxylic acid groups (broad SMARTS) is 1. The fraction of sp³-hybridized carbons (Fsp3) is 0.235. The lowest BCUT2D eigenvalue weighted by Crippen LogP contribution is -2.45. The lowest BCUT2D eigenvalue weighted by molar-refractivity contribution is -0.139. The first-order chi connectivity index (χ1) is 10.9. The summed E-state index contributed by atoms with van der Waals surface area (Å²) in [6, 6.07) is 15.6. The molecule has 2 unspecified atom stereocenters. The van der Waals surface area contributed by atoms with E-state index in [1.807, 2.05) is 42.5 Å². The van der Waals surface area contributed by atoms with Gasteiger partial charge in [0.25, 0.3) is 11.3 Å². The van der Waals surface area contributed by atoms with E-state index in [2.05, 4.69) is 0 Å². The molecule has 0 fully saturated rings. The normalized spacial score (nSPS) is 13.6. The van der Waals surface area contributed by atoms with Gasteiger partial charge in [-0.2, -0.15) is 0 Å². The Hall–Kier alpha value is -2.18. The Kier molecular flexibility index (Phi) is 5.52. The maximum atomic E-state index is 11.7. The topological polar surface area (TPSA) is 77.8 Å². The molecule has 0 aromatic heterocycles. The van der Waals surface area contributed by atoms with Gasteiger partial charge in [-0.3, -0.25) is 8.86 Å². The van der Waals surface area contributed by atoms with E-state index < -0.39 is 23.3 Å². The molecule has 122 valence electrons. The molecule has 0 amide bonds. The predicted octanol–water partition coefficient (Wildman–Crippen LogP) is 3.41. The van der Waals surface area contributed by atoms with Crippen LogP contribution in [0.25, 0.3) is 11.1 Å². The third kappa shape index (κ3) is 3.97. The Morgan fingerprint density at radius 3 is 1.96 bits per heavy atom. The highest BCUT2D eigenvalue weighted by atomic mass is 32.2. The highest BCUT2D eigenvalue weighted by Gasteiger charge is 2.32. The van der Waals surface area contributed by atoms with Gasteiger partial charge >= 0.3 is 5.97 Å². The number of hydrogen-bond acceptors (Lipinski definition) is 2. The van der Waals surface area contributed by atoms with Crippen molar-refractivity contribution in [3.05, 3.63) is 54.6 Å². The number of anilines is 1. The van der Waals surface area contributed by atoms with Crippen molar-refractivity contribution in [2.45, 2.75) is 19.9 Å². The average molecular weight is 333 g/mol. The van der Waals surface area contributed by atoms with Crippen LogP contribution in [-0.2, 0) is 16.1 Å². The van der Waals surface area contributed by atoms with Crippen molar-refractivity contribution >= 4 is 22.9 Å². The van der Waals surface area contributed by atoms with E-state index in [-0.39, 0.29) is 5.92 Å². The maximum absolute atomic E-state index is 11.7. The highest BCUT2D eigenvalue weighted by Crippen LogP contribution is 2.27. The van der Waals surface area contributed by atoms with Gasteiger partial charge in [-0.15, -0.1) is 0 Å². The van der Waals surface area contributed by atoms with E-state index in [9.17, 15) is 18.7 Å². The molecule has 2 rings (SSSR count). The molecular weight excluding hydrogens is 314 g/mol. The number of carboxylic acids is 1. The summed E-state index contributed by atoms with van der Waals surface area (Å²) < 4.78 is 22.2. The van der Waals surface area contributed by atoms with Crippen molar-refractivity contribution in [1.29, 1.82) is 0 Å². The molecule has 23 heavy (non-hydrogen) atoms. The van der Waals surface area contributed by atoms with E-state index in [4.69, 9.17) is 0 Å². The molecule has 2 aromatic rings. The Balaban J connectivity index is 2.38. The van der Waals surface area contributed by atoms with Crippen LogP contribution in [0.3, 0.4) is 0 Å². The molecule has 2 atom stereocenters. The third-order valence-corrected chi connectivity index (χ3v) is 4.31. The summed E-state index contributed by atoms with van der Waals surface area (Å²) in [5, 5.41) is 9.37. The summed E-state index contributed by atoms with van der Waals surface area (Å²) in [5.74, 6) is -1.45. The quantitative estimate of drug-likeness (QED) is 0.794. The molecule has 5 nitrogen and oxygen atoms in total. The molecule has 0 aliphatic carbocycles. The second kappa shape index (κ2) is 7.39. The summed E-state index contributed by atoms with van der Waals surface area (Å²) in [6.45, 7) is 3.41. The van der Waals surface area contributed by atoms with Crippen LogP contribution in [0.2, 0.25) is 0 Å². The van der Waals surface area contributed by atoms with Crippen LogP contribution in [0.4, 0.5) is 5.69 Å². The smallest absolute Gasteiger partial charge is 0.327 e. The maximum Gasteiger partial charge on any atom is 0.327 e. The van der Waals surface area contributed by atoms with Crippen LogP contribution >= 0.6 is 0 Å². The number of hydrogen-bond donors (Lipinski definition) is 2. The zero-order valence-corrected chi connectivity index (χ0v) is 13.7. The molecule has 2 N–H and O–H groups in total. The summed E-state index contributed by atoms with van der Waals surface area (Å²) in [4.78, 5) is 11.5. The van der Waals surface area contributed by atoms with E-state index >= 15 is 0 Å². The Morgan fingerprint density at radius 1 is 1.00 bits per heavy atom. The fourth-order valence-electron chi connectivity index (χ4n) is 2.44. The molecule has 0 heterocycles. The summed E-state index contributed by atoms with van der Waals surface area (Å²) in [5.41, 5.74) is 2.37. The molecule has 0 bridgehead atoms. The monoisotopic (exact) mass is 333 g/mol. The Bertz CT molecular complexity index is 685. The minimum Gasteiger partial charge on any atom is -0.480 e. The third-order valence-electron chi connectivity index (χ3n) is 3.53. The van der Waals surface area contributed by atoms with E-state index in [1.54, 1.807) is 26.0 Å². The van der Waals surface area contributed by atoms with Crippen LogP contribution in [0.1, 0.15) is 13.8 Å². The zero-order chi connectivity index (χ0) is 17.0. The SMILES string of the molecule is CC(C)C(C(=O)O)N(c1ccc(-c2ccccc2)cc1)S(=O)O. The molecule has 0 radical (unpaired) electrons. The zero-order valence-electron chi connectivity index (χ0n) is 12.9. The number of rotatable bonds is 6. The van der Waals surface area contributed by atoms with Gasteiger partial charge in [-0.05, 0) is 29.2 Å². The van der Waals surface area contributed by atoms with Crippen LogP contribution in [0, 0.1) is 5.92 Å². The van der Waals surface area contributed by atoms with Crippen LogP contribution < -0.4 is 4.31 Å². The summed E-state index contributed by atoms with van der Waals surface area (Å²) in [6.07, 6.45) is 0. The molecule has 0 aliphatic rings. The fourth-order valence-corrected chi connectivity index (χ4v) is 3.27. The predicted molar refractivity (Wildman–Crippen MR) is 91.4 cm³/mol. The lowest BCUT2D eigenvalue weighted by atomic mass is 10.0. The van der Waals surface area contributed by atoms with Gasteiger partial charge in [0.1, 0.15) is 6.04 Å². The summed E-state index contributed by atoms with van der Waals surface area (Å²) in [7, 11) is 0. The van der Waals surface area contributed by atoms with Crippen LogP contribution in [-0.4, -0.2) is 25.9 Å². The molecular formula is C17H19NO4S. The van der Waals surface area contributed by atoms with Gasteiger partial charge in [0.05, 0.1) is 5.69 Å². The van der Waals surface area contributed by atoms with Gasteiger partial charge in [0.15, 0.2) is 0 Å². The van der Waals surface area contributed by atoms with Gasteiger partial charge < -0.3 is 5.11 Å². The summed E-state index contributed by atoms with van der Waals surface area (Å²) >= 11 is -2.42. The second-order valence-electron chi connectivity index (χ2n) is 5.50. The van der Waals surface area contributed by atoms with Crippen LogP contribution in [0.5, 0.6) is 0 Å². The van der Waals surface area contributed by atoms with Gasteiger partial charge in [0.2, 0.25) is 0 Å². The number of aliphatic carboxylic acids is 1. The van der Waals surface area contributed by atoms with E-state index in [1.165, 1.54) is 0 Å². The van der Waals surface area contributed by atoms with Crippen molar-refractivity contribution in [2.24, 2.45) is 5.92 Å². The Morgan fingerprint density at radius 2 is 1.52 bits per heavy atom. The van der Waals surface area contributed by atoms with Gasteiger partial charge in [0, 0.05) is 0 Å². The van der Waals surface area contributed by atoms with Crippen LogP contribution in [0.15, 0.2) is 54.6 Å². The average Bonchev–Trinajstić information content (AvgIpc) is 2.52. The van der Waals surface area contributed by atoms with Crippen molar-refractivity contribution in [3.63, 3.8) is 0 Å². The molecule has 0 saturated heterocycles. The first-order valence-electron chi connectivity index (χ1n) is 7.20. The molecule has 0 aliphatic heterocycles. The minimum atomic E-state index is -2.42. The molecule has 2 aromatic carbocycles. The molecule has 6 heteroatoms. The Labute approximate surface area is 138 Å². The van der Waals surface area contributed by atoms with Crippen molar-refractivity contribution in [1.82, 2.24) is 0 Å². The molecule has 0 saturated carbocycles. The first-order valence-corrected chi connectivity index (χ1v) is 8.26. The van der Waals surface area contributed by atoms with Crippen molar-refractivity contribution in [2.75, 3.05) is 4.31 Å². The molecule has 0 spiro atoms.